The van der Waals surface area contributed by atoms with Crippen molar-refractivity contribution in [3.63, 3.8) is 0 Å². The van der Waals surface area contributed by atoms with Crippen LogP contribution in [0.5, 0.6) is 0 Å². The van der Waals surface area contributed by atoms with Crippen LogP contribution < -0.4 is 5.69 Å². The first kappa shape index (κ1) is 8.65. The molecule has 3 nitrogen and oxygen atoms in total. The molecule has 3 rings (SSSR count). The van der Waals surface area contributed by atoms with Crippen LogP contribution in [-0.2, 0) is 19.2 Å². The van der Waals surface area contributed by atoms with Crippen molar-refractivity contribution in [3.8, 4) is 0 Å². The summed E-state index contributed by atoms with van der Waals surface area (Å²) in [7, 11) is 1.91. The molecule has 1 saturated carbocycles. The van der Waals surface area contributed by atoms with Gasteiger partial charge in [-0.15, -0.1) is 0 Å². The predicted octanol–water partition coefficient (Wildman–Crippen LogP) is 1.31. The van der Waals surface area contributed by atoms with Crippen molar-refractivity contribution in [2.45, 2.75) is 31.1 Å². The Morgan fingerprint density at radius 1 is 1.36 bits per heavy atom. The van der Waals surface area contributed by atoms with Gasteiger partial charge in [0, 0.05) is 24.5 Å². The van der Waals surface area contributed by atoms with Gasteiger partial charge in [-0.2, -0.15) is 11.8 Å². The van der Waals surface area contributed by atoms with E-state index in [1.165, 1.54) is 30.0 Å². The van der Waals surface area contributed by atoms with Gasteiger partial charge >= 0.3 is 5.69 Å². The van der Waals surface area contributed by atoms with Crippen LogP contribution in [0.2, 0.25) is 0 Å². The fourth-order valence-electron chi connectivity index (χ4n) is 2.22. The second-order valence-corrected chi connectivity index (χ2v) is 5.24. The first-order chi connectivity index (χ1) is 6.79. The summed E-state index contributed by atoms with van der Waals surface area (Å²) in [5, 5.41) is 0. The van der Waals surface area contributed by atoms with E-state index in [4.69, 9.17) is 0 Å². The number of hydrogen-bond acceptors (Lipinski definition) is 2. The Balaban J connectivity index is 2.22. The molecule has 0 bridgehead atoms. The normalized spacial score (nSPS) is 20.9. The molecule has 1 aliphatic carbocycles. The molecule has 0 unspecified atom stereocenters. The van der Waals surface area contributed by atoms with E-state index in [-0.39, 0.29) is 5.69 Å². The Kier molecular flexibility index (Phi) is 1.81. The molecular weight excluding hydrogens is 196 g/mol. The van der Waals surface area contributed by atoms with Crippen molar-refractivity contribution in [2.24, 2.45) is 7.05 Å². The molecule has 1 aromatic rings. The number of thioether (sulfide) groups is 1. The number of fused-ring (bicyclic) bond motifs is 1. The van der Waals surface area contributed by atoms with Crippen molar-refractivity contribution in [1.29, 1.82) is 0 Å². The summed E-state index contributed by atoms with van der Waals surface area (Å²) in [5.41, 5.74) is 2.79. The van der Waals surface area contributed by atoms with Gasteiger partial charge in [0.05, 0.1) is 5.69 Å². The minimum atomic E-state index is 0.208. The molecule has 0 saturated heterocycles. The van der Waals surface area contributed by atoms with Crippen LogP contribution in [0.15, 0.2) is 4.79 Å². The van der Waals surface area contributed by atoms with Crippen LogP contribution in [0, 0.1) is 0 Å². The van der Waals surface area contributed by atoms with Gasteiger partial charge in [-0.3, -0.25) is 9.13 Å². The van der Waals surface area contributed by atoms with E-state index in [9.17, 15) is 4.79 Å². The molecule has 0 aromatic carbocycles. The Bertz CT molecular complexity index is 428. The van der Waals surface area contributed by atoms with Crippen LogP contribution >= 0.6 is 11.8 Å². The number of imidazole rings is 1. The highest BCUT2D eigenvalue weighted by Crippen LogP contribution is 2.37. The Morgan fingerprint density at radius 2 is 2.14 bits per heavy atom. The smallest absolute Gasteiger partial charge is 0.298 e. The summed E-state index contributed by atoms with van der Waals surface area (Å²) in [6, 6.07) is 0.528. The predicted molar refractivity (Wildman–Crippen MR) is 57.8 cm³/mol. The fourth-order valence-corrected chi connectivity index (χ4v) is 3.25. The molecule has 0 N–H and O–H groups in total. The molecule has 76 valence electrons. The Labute approximate surface area is 87.1 Å². The summed E-state index contributed by atoms with van der Waals surface area (Å²) in [4.78, 5) is 12.0. The van der Waals surface area contributed by atoms with Gasteiger partial charge in [0.15, 0.2) is 0 Å². The van der Waals surface area contributed by atoms with Crippen LogP contribution in [0.1, 0.15) is 30.3 Å². The summed E-state index contributed by atoms with van der Waals surface area (Å²) in [5.74, 6) is 2.18. The Morgan fingerprint density at radius 3 is 2.86 bits per heavy atom. The maximum absolute atomic E-state index is 12.0. The largest absolute Gasteiger partial charge is 0.328 e. The second kappa shape index (κ2) is 2.92. The fraction of sp³-hybridized carbons (Fsp3) is 0.700. The van der Waals surface area contributed by atoms with Crippen molar-refractivity contribution in [3.05, 3.63) is 21.9 Å². The topological polar surface area (TPSA) is 26.9 Å². The zero-order valence-electron chi connectivity index (χ0n) is 8.32. The molecule has 14 heavy (non-hydrogen) atoms. The SMILES string of the molecule is Cn1c2c(n(C3CC3)c1=O)CCSC2. The Hall–Kier alpha value is -0.640. The van der Waals surface area contributed by atoms with Gasteiger partial charge in [0.2, 0.25) is 0 Å². The number of aromatic nitrogens is 2. The molecule has 0 spiro atoms. The quantitative estimate of drug-likeness (QED) is 0.699. The number of rotatable bonds is 1. The molecule has 1 aliphatic heterocycles. The molecule has 2 aliphatic rings. The van der Waals surface area contributed by atoms with E-state index in [1.807, 2.05) is 23.4 Å². The highest BCUT2D eigenvalue weighted by atomic mass is 32.2. The van der Waals surface area contributed by atoms with Crippen LogP contribution in [-0.4, -0.2) is 14.9 Å². The van der Waals surface area contributed by atoms with E-state index in [0.29, 0.717) is 6.04 Å². The first-order valence-corrected chi connectivity index (χ1v) is 6.31. The lowest BCUT2D eigenvalue weighted by molar-refractivity contribution is 0.654. The average Bonchev–Trinajstić information content (AvgIpc) is 2.99. The third-order valence-electron chi connectivity index (χ3n) is 3.16. The third kappa shape index (κ3) is 1.10. The monoisotopic (exact) mass is 210 g/mol. The molecule has 0 amide bonds. The summed E-state index contributed by atoms with van der Waals surface area (Å²) in [6.45, 7) is 0. The number of nitrogens with zero attached hydrogens (tertiary/aromatic N) is 2. The summed E-state index contributed by atoms with van der Waals surface area (Å²) in [6.07, 6.45) is 3.47. The second-order valence-electron chi connectivity index (χ2n) is 4.14. The van der Waals surface area contributed by atoms with Gasteiger partial charge in [0.25, 0.3) is 0 Å². The minimum absolute atomic E-state index is 0.208. The highest BCUT2D eigenvalue weighted by Gasteiger charge is 2.31. The maximum Gasteiger partial charge on any atom is 0.328 e. The van der Waals surface area contributed by atoms with Crippen LogP contribution in [0.4, 0.5) is 0 Å². The van der Waals surface area contributed by atoms with Gasteiger partial charge in [-0.1, -0.05) is 0 Å². The average molecular weight is 210 g/mol. The molecule has 0 radical (unpaired) electrons. The van der Waals surface area contributed by atoms with E-state index in [0.717, 1.165) is 12.2 Å². The molecule has 1 aromatic heterocycles. The molecule has 2 heterocycles. The van der Waals surface area contributed by atoms with E-state index in [1.54, 1.807) is 0 Å². The van der Waals surface area contributed by atoms with E-state index in [2.05, 4.69) is 4.57 Å². The van der Waals surface area contributed by atoms with Gasteiger partial charge in [0.1, 0.15) is 0 Å². The minimum Gasteiger partial charge on any atom is -0.298 e. The zero-order valence-corrected chi connectivity index (χ0v) is 9.14. The van der Waals surface area contributed by atoms with Crippen molar-refractivity contribution < 1.29 is 0 Å². The molecule has 4 heteroatoms. The van der Waals surface area contributed by atoms with Crippen LogP contribution in [0.3, 0.4) is 0 Å². The lowest BCUT2D eigenvalue weighted by atomic mass is 10.2. The van der Waals surface area contributed by atoms with Crippen LogP contribution in [0.25, 0.3) is 0 Å². The lowest BCUT2D eigenvalue weighted by Crippen LogP contribution is -2.22. The van der Waals surface area contributed by atoms with Crippen molar-refractivity contribution >= 4 is 11.8 Å². The first-order valence-electron chi connectivity index (χ1n) is 5.15. The van der Waals surface area contributed by atoms with E-state index < -0.39 is 0 Å². The highest BCUT2D eigenvalue weighted by molar-refractivity contribution is 7.98. The standard InChI is InChI=1S/C10H14N2OS/c1-11-9-6-14-5-4-8(9)12(10(11)13)7-2-3-7/h7H,2-6H2,1H3. The third-order valence-corrected chi connectivity index (χ3v) is 4.13. The van der Waals surface area contributed by atoms with Crippen molar-refractivity contribution in [2.75, 3.05) is 5.75 Å². The summed E-state index contributed by atoms with van der Waals surface area (Å²) < 4.78 is 3.90. The zero-order chi connectivity index (χ0) is 9.71. The van der Waals surface area contributed by atoms with Gasteiger partial charge in [-0.05, 0) is 25.0 Å². The maximum atomic E-state index is 12.0. The van der Waals surface area contributed by atoms with E-state index >= 15 is 0 Å². The molecule has 0 atom stereocenters. The molecule has 1 fully saturated rings. The summed E-state index contributed by atoms with van der Waals surface area (Å²) >= 11 is 1.93. The lowest BCUT2D eigenvalue weighted by Gasteiger charge is -2.13. The van der Waals surface area contributed by atoms with Gasteiger partial charge in [-0.25, -0.2) is 4.79 Å². The number of hydrogen-bond donors (Lipinski definition) is 0. The van der Waals surface area contributed by atoms with Crippen molar-refractivity contribution in [1.82, 2.24) is 9.13 Å². The molecular formula is C10H14N2OS. The van der Waals surface area contributed by atoms with Gasteiger partial charge < -0.3 is 0 Å².